The third kappa shape index (κ3) is 10.3. The Labute approximate surface area is 183 Å². The van der Waals surface area contributed by atoms with Gasteiger partial charge in [-0.1, -0.05) is 58.8 Å². The first kappa shape index (κ1) is 24.5. The molecule has 0 radical (unpaired) electrons. The van der Waals surface area contributed by atoms with Crippen LogP contribution in [-0.4, -0.2) is 28.4 Å². The minimum Gasteiger partial charge on any atom is -0.381 e. The Balaban J connectivity index is 1.64. The first-order valence-electron chi connectivity index (χ1n) is 12.2. The number of hydrogen-bond acceptors (Lipinski definition) is 4. The number of pyridine rings is 1. The lowest BCUT2D eigenvalue weighted by Gasteiger charge is -2.05. The minimum atomic E-state index is 0.855. The second-order valence-corrected chi connectivity index (χ2v) is 8.24. The van der Waals surface area contributed by atoms with Gasteiger partial charge in [0.1, 0.15) is 0 Å². The molecular formula is C26H41N3O. The van der Waals surface area contributed by atoms with Gasteiger partial charge >= 0.3 is 0 Å². The molecule has 2 aromatic heterocycles. The number of aromatic nitrogens is 3. The quantitative estimate of drug-likeness (QED) is 0.264. The molecule has 0 aliphatic heterocycles. The van der Waals surface area contributed by atoms with Crippen molar-refractivity contribution in [3.63, 3.8) is 0 Å². The van der Waals surface area contributed by atoms with E-state index in [1.165, 1.54) is 63.5 Å². The molecule has 0 spiro atoms. The smallest absolute Gasteiger partial charge is 0.0945 e. The van der Waals surface area contributed by atoms with E-state index in [9.17, 15) is 0 Å². The van der Waals surface area contributed by atoms with Gasteiger partial charge in [0.05, 0.1) is 11.4 Å². The molecule has 0 aliphatic carbocycles. The molecule has 0 saturated carbocycles. The Kier molecular flexibility index (Phi) is 13.0. The number of aryl methyl sites for hydroxylation is 2. The maximum absolute atomic E-state index is 5.70. The van der Waals surface area contributed by atoms with Crippen LogP contribution in [0.3, 0.4) is 0 Å². The average Bonchev–Trinajstić information content (AvgIpc) is 2.79. The third-order valence-corrected chi connectivity index (χ3v) is 5.49. The van der Waals surface area contributed by atoms with Crippen molar-refractivity contribution in [2.45, 2.75) is 97.3 Å². The largest absolute Gasteiger partial charge is 0.381 e. The first-order valence-corrected chi connectivity index (χ1v) is 12.2. The van der Waals surface area contributed by atoms with Crippen LogP contribution in [0.25, 0.3) is 11.3 Å². The van der Waals surface area contributed by atoms with Crippen LogP contribution in [0.1, 0.15) is 95.9 Å². The lowest BCUT2D eigenvalue weighted by molar-refractivity contribution is 0.126. The molecule has 0 N–H and O–H groups in total. The Morgan fingerprint density at radius 1 is 0.633 bits per heavy atom. The Morgan fingerprint density at radius 3 is 1.93 bits per heavy atom. The standard InChI is InChI=1S/C26H41N3O/c1-3-5-7-9-10-14-24-17-16-23(22-27-24)26-19-18-25(28-29-26)15-11-13-21-30-20-12-8-6-4-2/h16-19,22H,3-15,20-21H2,1-2H3. The molecule has 0 bridgehead atoms. The maximum Gasteiger partial charge on any atom is 0.0945 e. The van der Waals surface area contributed by atoms with Crippen LogP contribution < -0.4 is 0 Å². The molecule has 0 saturated heterocycles. The van der Waals surface area contributed by atoms with Gasteiger partial charge in [-0.05, 0) is 62.8 Å². The normalized spacial score (nSPS) is 11.1. The van der Waals surface area contributed by atoms with E-state index >= 15 is 0 Å². The highest BCUT2D eigenvalue weighted by molar-refractivity contribution is 5.57. The Bertz CT molecular complexity index is 655. The fraction of sp³-hybridized carbons (Fsp3) is 0.654. The van der Waals surface area contributed by atoms with Crippen LogP contribution in [-0.2, 0) is 17.6 Å². The molecule has 0 fully saturated rings. The Morgan fingerprint density at radius 2 is 1.27 bits per heavy atom. The van der Waals surface area contributed by atoms with Crippen molar-refractivity contribution in [1.82, 2.24) is 15.2 Å². The highest BCUT2D eigenvalue weighted by Crippen LogP contribution is 2.17. The summed E-state index contributed by atoms with van der Waals surface area (Å²) in [5, 5.41) is 8.81. The van der Waals surface area contributed by atoms with Gasteiger partial charge in [0.15, 0.2) is 0 Å². The fourth-order valence-corrected chi connectivity index (χ4v) is 3.52. The molecule has 0 aliphatic rings. The monoisotopic (exact) mass is 411 g/mol. The summed E-state index contributed by atoms with van der Waals surface area (Å²) < 4.78 is 5.70. The van der Waals surface area contributed by atoms with Crippen LogP contribution in [0.4, 0.5) is 0 Å². The molecule has 4 heteroatoms. The SMILES string of the molecule is CCCCCCCc1ccc(-c2ccc(CCCCOCCCCCC)nn2)cn1. The summed E-state index contributed by atoms with van der Waals surface area (Å²) in [7, 11) is 0. The third-order valence-electron chi connectivity index (χ3n) is 5.49. The van der Waals surface area contributed by atoms with Gasteiger partial charge in [-0.2, -0.15) is 10.2 Å². The second kappa shape index (κ2) is 16.0. The lowest BCUT2D eigenvalue weighted by Crippen LogP contribution is -2.00. The van der Waals surface area contributed by atoms with Crippen LogP contribution in [0, 0.1) is 0 Å². The molecular weight excluding hydrogens is 370 g/mol. The zero-order valence-electron chi connectivity index (χ0n) is 19.2. The molecule has 2 rings (SSSR count). The average molecular weight is 412 g/mol. The summed E-state index contributed by atoms with van der Waals surface area (Å²) in [6.45, 7) is 6.25. The van der Waals surface area contributed by atoms with E-state index in [2.05, 4.69) is 53.3 Å². The number of unbranched alkanes of at least 4 members (excludes halogenated alkanes) is 8. The zero-order valence-corrected chi connectivity index (χ0v) is 19.2. The first-order chi connectivity index (χ1) is 14.8. The number of rotatable bonds is 17. The fourth-order valence-electron chi connectivity index (χ4n) is 3.52. The van der Waals surface area contributed by atoms with Crippen LogP contribution in [0.2, 0.25) is 0 Å². The van der Waals surface area contributed by atoms with Gasteiger partial charge in [0, 0.05) is 30.7 Å². The molecule has 0 aromatic carbocycles. The summed E-state index contributed by atoms with van der Waals surface area (Å²) in [5.41, 5.74) is 4.17. The van der Waals surface area contributed by atoms with Crippen molar-refractivity contribution in [2.75, 3.05) is 13.2 Å². The summed E-state index contributed by atoms with van der Waals surface area (Å²) in [5.74, 6) is 0. The molecule has 0 unspecified atom stereocenters. The van der Waals surface area contributed by atoms with Crippen LogP contribution in [0.5, 0.6) is 0 Å². The van der Waals surface area contributed by atoms with E-state index in [1.54, 1.807) is 0 Å². The summed E-state index contributed by atoms with van der Waals surface area (Å²) in [6, 6.07) is 8.41. The molecule has 4 nitrogen and oxygen atoms in total. The predicted molar refractivity (Wildman–Crippen MR) is 126 cm³/mol. The van der Waals surface area contributed by atoms with Gasteiger partial charge < -0.3 is 4.74 Å². The van der Waals surface area contributed by atoms with E-state index in [0.29, 0.717) is 0 Å². The van der Waals surface area contributed by atoms with Crippen molar-refractivity contribution in [2.24, 2.45) is 0 Å². The van der Waals surface area contributed by atoms with Crippen molar-refractivity contribution in [3.8, 4) is 11.3 Å². The molecule has 2 aromatic rings. The zero-order chi connectivity index (χ0) is 21.3. The van der Waals surface area contributed by atoms with Crippen molar-refractivity contribution in [3.05, 3.63) is 41.9 Å². The molecule has 2 heterocycles. The highest BCUT2D eigenvalue weighted by atomic mass is 16.5. The van der Waals surface area contributed by atoms with Crippen LogP contribution >= 0.6 is 0 Å². The number of hydrogen-bond donors (Lipinski definition) is 0. The van der Waals surface area contributed by atoms with E-state index in [4.69, 9.17) is 4.74 Å². The lowest BCUT2D eigenvalue weighted by atomic mass is 10.1. The number of nitrogens with zero attached hydrogens (tertiary/aromatic N) is 3. The van der Waals surface area contributed by atoms with Crippen molar-refractivity contribution >= 4 is 0 Å². The van der Waals surface area contributed by atoms with Crippen LogP contribution in [0.15, 0.2) is 30.5 Å². The van der Waals surface area contributed by atoms with Gasteiger partial charge in [0.2, 0.25) is 0 Å². The Hall–Kier alpha value is -1.81. The van der Waals surface area contributed by atoms with Crippen molar-refractivity contribution in [1.29, 1.82) is 0 Å². The second-order valence-electron chi connectivity index (χ2n) is 8.24. The van der Waals surface area contributed by atoms with Gasteiger partial charge in [-0.25, -0.2) is 0 Å². The predicted octanol–water partition coefficient (Wildman–Crippen LogP) is 6.97. The molecule has 166 valence electrons. The van der Waals surface area contributed by atoms with Gasteiger partial charge in [-0.3, -0.25) is 4.98 Å². The van der Waals surface area contributed by atoms with E-state index in [1.807, 2.05) is 6.20 Å². The number of ether oxygens (including phenoxy) is 1. The van der Waals surface area contributed by atoms with E-state index < -0.39 is 0 Å². The highest BCUT2D eigenvalue weighted by Gasteiger charge is 2.03. The van der Waals surface area contributed by atoms with Gasteiger partial charge in [0.25, 0.3) is 0 Å². The minimum absolute atomic E-state index is 0.855. The summed E-state index contributed by atoms with van der Waals surface area (Å²) in [6.07, 6.45) is 17.7. The van der Waals surface area contributed by atoms with E-state index in [-0.39, 0.29) is 0 Å². The van der Waals surface area contributed by atoms with Crippen molar-refractivity contribution < 1.29 is 4.74 Å². The molecule has 0 atom stereocenters. The molecule has 0 amide bonds. The van der Waals surface area contributed by atoms with Gasteiger partial charge in [-0.15, -0.1) is 0 Å². The molecule has 30 heavy (non-hydrogen) atoms. The summed E-state index contributed by atoms with van der Waals surface area (Å²) >= 11 is 0. The van der Waals surface area contributed by atoms with E-state index in [0.717, 1.165) is 55.8 Å². The summed E-state index contributed by atoms with van der Waals surface area (Å²) in [4.78, 5) is 4.62. The maximum atomic E-state index is 5.70. The topological polar surface area (TPSA) is 47.9 Å².